The summed E-state index contributed by atoms with van der Waals surface area (Å²) in [6.07, 6.45) is 2.65. The summed E-state index contributed by atoms with van der Waals surface area (Å²) in [5.74, 6) is 0.0139. The van der Waals surface area contributed by atoms with Gasteiger partial charge in [-0.3, -0.25) is 9.48 Å². The Balaban J connectivity index is 2.28. The Morgan fingerprint density at radius 2 is 2.40 bits per heavy atom. The van der Waals surface area contributed by atoms with E-state index in [0.29, 0.717) is 0 Å². The monoisotopic (exact) mass is 210 g/mol. The molecule has 5 heteroatoms. The van der Waals surface area contributed by atoms with Crippen molar-refractivity contribution in [1.82, 2.24) is 20.4 Å². The Morgan fingerprint density at radius 3 is 2.93 bits per heavy atom. The van der Waals surface area contributed by atoms with Crippen molar-refractivity contribution in [1.29, 1.82) is 0 Å². The zero-order valence-electron chi connectivity index (χ0n) is 9.45. The normalized spacial score (nSPS) is 12.5. The minimum absolute atomic E-state index is 0.0139. The number of aromatic nitrogens is 2. The number of nitrogens with one attached hydrogen (secondary N) is 2. The van der Waals surface area contributed by atoms with Gasteiger partial charge < -0.3 is 10.6 Å². The molecule has 0 saturated carbocycles. The lowest BCUT2D eigenvalue weighted by molar-refractivity contribution is -0.122. The van der Waals surface area contributed by atoms with Crippen LogP contribution < -0.4 is 10.6 Å². The van der Waals surface area contributed by atoms with E-state index in [1.807, 2.05) is 24.7 Å². The van der Waals surface area contributed by atoms with E-state index in [9.17, 15) is 4.79 Å². The van der Waals surface area contributed by atoms with E-state index in [-0.39, 0.29) is 11.9 Å². The standard InChI is InChI=1S/C10H18N4O/c1-8(10(15)11-2)12-6-4-9-5-7-13-14(9)3/h5,7-8,12H,4,6H2,1-3H3,(H,11,15). The number of aryl methyl sites for hydroxylation is 1. The molecular weight excluding hydrogens is 192 g/mol. The van der Waals surface area contributed by atoms with E-state index in [1.54, 1.807) is 13.2 Å². The Labute approximate surface area is 89.9 Å². The maximum absolute atomic E-state index is 11.2. The fourth-order valence-corrected chi connectivity index (χ4v) is 1.37. The van der Waals surface area contributed by atoms with Gasteiger partial charge in [0.1, 0.15) is 0 Å². The van der Waals surface area contributed by atoms with E-state index < -0.39 is 0 Å². The van der Waals surface area contributed by atoms with Gasteiger partial charge in [-0.15, -0.1) is 0 Å². The third kappa shape index (κ3) is 3.36. The highest BCUT2D eigenvalue weighted by molar-refractivity contribution is 5.80. The minimum atomic E-state index is -0.150. The predicted molar refractivity (Wildman–Crippen MR) is 58.4 cm³/mol. The van der Waals surface area contributed by atoms with Crippen molar-refractivity contribution >= 4 is 5.91 Å². The van der Waals surface area contributed by atoms with Crippen LogP contribution in [-0.4, -0.2) is 35.3 Å². The van der Waals surface area contributed by atoms with Crippen molar-refractivity contribution in [2.45, 2.75) is 19.4 Å². The quantitative estimate of drug-likeness (QED) is 0.700. The van der Waals surface area contributed by atoms with Gasteiger partial charge in [0.15, 0.2) is 0 Å². The molecule has 0 bridgehead atoms. The number of carbonyl (C=O) groups is 1. The second-order valence-corrected chi connectivity index (χ2v) is 3.49. The molecule has 1 atom stereocenters. The minimum Gasteiger partial charge on any atom is -0.358 e. The molecule has 0 aromatic carbocycles. The molecule has 84 valence electrons. The lowest BCUT2D eigenvalue weighted by Crippen LogP contribution is -2.41. The summed E-state index contributed by atoms with van der Waals surface area (Å²) in [5.41, 5.74) is 1.16. The fourth-order valence-electron chi connectivity index (χ4n) is 1.37. The van der Waals surface area contributed by atoms with Gasteiger partial charge in [0, 0.05) is 39.0 Å². The van der Waals surface area contributed by atoms with Crippen LogP contribution in [0.5, 0.6) is 0 Å². The first-order valence-electron chi connectivity index (χ1n) is 5.07. The van der Waals surface area contributed by atoms with E-state index in [1.165, 1.54) is 0 Å². The van der Waals surface area contributed by atoms with Crippen molar-refractivity contribution in [3.63, 3.8) is 0 Å². The molecule has 5 nitrogen and oxygen atoms in total. The number of hydrogen-bond acceptors (Lipinski definition) is 3. The van der Waals surface area contributed by atoms with E-state index >= 15 is 0 Å². The van der Waals surface area contributed by atoms with E-state index in [4.69, 9.17) is 0 Å². The Morgan fingerprint density at radius 1 is 1.67 bits per heavy atom. The van der Waals surface area contributed by atoms with Crippen LogP contribution in [0.15, 0.2) is 12.3 Å². The molecule has 0 aliphatic heterocycles. The van der Waals surface area contributed by atoms with E-state index in [2.05, 4.69) is 15.7 Å². The number of amides is 1. The van der Waals surface area contributed by atoms with Crippen LogP contribution in [-0.2, 0) is 18.3 Å². The third-order valence-electron chi connectivity index (χ3n) is 2.39. The van der Waals surface area contributed by atoms with Crippen molar-refractivity contribution < 1.29 is 4.79 Å². The molecule has 1 aromatic rings. The SMILES string of the molecule is CNC(=O)C(C)NCCc1ccnn1C. The predicted octanol–water partition coefficient (Wildman–Crippen LogP) is -0.313. The van der Waals surface area contributed by atoms with Crippen LogP contribution in [0, 0.1) is 0 Å². The highest BCUT2D eigenvalue weighted by Gasteiger charge is 2.09. The highest BCUT2D eigenvalue weighted by Crippen LogP contribution is 1.96. The van der Waals surface area contributed by atoms with Gasteiger partial charge in [-0.05, 0) is 13.0 Å². The van der Waals surface area contributed by atoms with Crippen molar-refractivity contribution in [3.05, 3.63) is 18.0 Å². The summed E-state index contributed by atoms with van der Waals surface area (Å²) in [5, 5.41) is 9.82. The number of carbonyl (C=O) groups excluding carboxylic acids is 1. The molecule has 1 unspecified atom stereocenters. The molecule has 2 N–H and O–H groups in total. The number of nitrogens with zero attached hydrogens (tertiary/aromatic N) is 2. The van der Waals surface area contributed by atoms with Gasteiger partial charge in [0.2, 0.25) is 5.91 Å². The van der Waals surface area contributed by atoms with Crippen molar-refractivity contribution in [3.8, 4) is 0 Å². The van der Waals surface area contributed by atoms with Gasteiger partial charge >= 0.3 is 0 Å². The molecule has 0 aliphatic carbocycles. The summed E-state index contributed by atoms with van der Waals surface area (Å²) in [7, 11) is 3.55. The topological polar surface area (TPSA) is 59.0 Å². The van der Waals surface area contributed by atoms with Crippen LogP contribution >= 0.6 is 0 Å². The molecular formula is C10H18N4O. The molecule has 0 spiro atoms. The molecule has 15 heavy (non-hydrogen) atoms. The average molecular weight is 210 g/mol. The fraction of sp³-hybridized carbons (Fsp3) is 0.600. The second kappa shape index (κ2) is 5.50. The van der Waals surface area contributed by atoms with Crippen LogP contribution in [0.1, 0.15) is 12.6 Å². The molecule has 0 saturated heterocycles. The Bertz CT molecular complexity index is 321. The molecule has 0 fully saturated rings. The van der Waals surface area contributed by atoms with Gasteiger partial charge in [-0.25, -0.2) is 0 Å². The average Bonchev–Trinajstić information content (AvgIpc) is 2.63. The summed E-state index contributed by atoms with van der Waals surface area (Å²) >= 11 is 0. The summed E-state index contributed by atoms with van der Waals surface area (Å²) < 4.78 is 1.84. The van der Waals surface area contributed by atoms with Crippen molar-refractivity contribution in [2.24, 2.45) is 7.05 Å². The van der Waals surface area contributed by atoms with Gasteiger partial charge in [0.25, 0.3) is 0 Å². The van der Waals surface area contributed by atoms with Gasteiger partial charge in [0.05, 0.1) is 6.04 Å². The molecule has 1 aromatic heterocycles. The lowest BCUT2D eigenvalue weighted by atomic mass is 10.2. The largest absolute Gasteiger partial charge is 0.358 e. The van der Waals surface area contributed by atoms with Gasteiger partial charge in [-0.1, -0.05) is 0 Å². The molecule has 0 radical (unpaired) electrons. The third-order valence-corrected chi connectivity index (χ3v) is 2.39. The summed E-state index contributed by atoms with van der Waals surface area (Å²) in [6.45, 7) is 2.62. The van der Waals surface area contributed by atoms with Crippen LogP contribution in [0.25, 0.3) is 0 Å². The van der Waals surface area contributed by atoms with Crippen LogP contribution in [0.2, 0.25) is 0 Å². The zero-order chi connectivity index (χ0) is 11.3. The van der Waals surface area contributed by atoms with Crippen molar-refractivity contribution in [2.75, 3.05) is 13.6 Å². The first kappa shape index (κ1) is 11.7. The number of likely N-dealkylation sites (N-methyl/N-ethyl adjacent to an activating group) is 1. The smallest absolute Gasteiger partial charge is 0.236 e. The molecule has 1 rings (SSSR count). The first-order valence-corrected chi connectivity index (χ1v) is 5.07. The summed E-state index contributed by atoms with van der Waals surface area (Å²) in [6, 6.07) is 1.83. The highest BCUT2D eigenvalue weighted by atomic mass is 16.2. The lowest BCUT2D eigenvalue weighted by Gasteiger charge is -2.11. The van der Waals surface area contributed by atoms with Crippen LogP contribution in [0.3, 0.4) is 0 Å². The first-order chi connectivity index (χ1) is 7.15. The Kier molecular flexibility index (Phi) is 4.30. The molecule has 1 amide bonds. The second-order valence-electron chi connectivity index (χ2n) is 3.49. The van der Waals surface area contributed by atoms with E-state index in [0.717, 1.165) is 18.7 Å². The van der Waals surface area contributed by atoms with Crippen LogP contribution in [0.4, 0.5) is 0 Å². The Hall–Kier alpha value is -1.36. The number of hydrogen-bond donors (Lipinski definition) is 2. The maximum Gasteiger partial charge on any atom is 0.236 e. The molecule has 0 aliphatic rings. The van der Waals surface area contributed by atoms with Gasteiger partial charge in [-0.2, -0.15) is 5.10 Å². The molecule has 1 heterocycles. The maximum atomic E-state index is 11.2. The zero-order valence-corrected chi connectivity index (χ0v) is 9.45. The summed E-state index contributed by atoms with van der Waals surface area (Å²) in [4.78, 5) is 11.2. The number of rotatable bonds is 5.